The van der Waals surface area contributed by atoms with E-state index in [1.165, 1.54) is 4.90 Å². The molecule has 208 valence electrons. The molecule has 0 bridgehead atoms. The van der Waals surface area contributed by atoms with Crippen LogP contribution in [0.25, 0.3) is 0 Å². The summed E-state index contributed by atoms with van der Waals surface area (Å²) in [5.74, 6) is -3.91. The van der Waals surface area contributed by atoms with E-state index in [1.807, 2.05) is 38.1 Å². The van der Waals surface area contributed by atoms with Gasteiger partial charge in [-0.15, -0.1) is 0 Å². The number of benzene rings is 1. The summed E-state index contributed by atoms with van der Waals surface area (Å²) < 4.78 is 5.44. The molecule has 1 fully saturated rings. The van der Waals surface area contributed by atoms with Crippen LogP contribution in [0.5, 0.6) is 0 Å². The Morgan fingerprint density at radius 2 is 1.66 bits per heavy atom. The Morgan fingerprint density at radius 1 is 1.05 bits per heavy atom. The number of fused-ring (bicyclic) bond motifs is 1. The van der Waals surface area contributed by atoms with Gasteiger partial charge in [0.05, 0.1) is 6.04 Å². The van der Waals surface area contributed by atoms with E-state index in [9.17, 15) is 29.1 Å². The highest BCUT2D eigenvalue weighted by Crippen LogP contribution is 2.31. The van der Waals surface area contributed by atoms with Crippen molar-refractivity contribution in [3.05, 3.63) is 35.4 Å². The summed E-state index contributed by atoms with van der Waals surface area (Å²) in [7, 11) is 0. The number of Topliss-reactive ketones (excluding diaryl/α,β-unsaturated/α-hetero) is 1. The Hall–Kier alpha value is -3.43. The summed E-state index contributed by atoms with van der Waals surface area (Å²) >= 11 is 0. The number of likely N-dealkylation sites (tertiary alicyclic amines) is 1. The zero-order valence-corrected chi connectivity index (χ0v) is 22.8. The number of aliphatic carboxylic acids is 1. The van der Waals surface area contributed by atoms with E-state index in [4.69, 9.17) is 4.74 Å². The highest BCUT2D eigenvalue weighted by atomic mass is 16.6. The molecule has 3 rings (SSSR count). The Kier molecular flexibility index (Phi) is 9.17. The molecule has 3 N–H and O–H groups in total. The smallest absolute Gasteiger partial charge is 0.408 e. The predicted octanol–water partition coefficient (Wildman–Crippen LogP) is 2.47. The molecule has 3 atom stereocenters. The second kappa shape index (κ2) is 12.0. The van der Waals surface area contributed by atoms with Crippen molar-refractivity contribution in [2.45, 2.75) is 90.4 Å². The van der Waals surface area contributed by atoms with E-state index in [-0.39, 0.29) is 18.3 Å². The fourth-order valence-electron chi connectivity index (χ4n) is 5.25. The van der Waals surface area contributed by atoms with E-state index in [1.54, 1.807) is 20.8 Å². The van der Waals surface area contributed by atoms with Gasteiger partial charge in [0, 0.05) is 6.54 Å². The SMILES string of the molecule is CC(C)CC(NC(=O)[C@@H]1CCCN1C(=O)[C@@H](NC(=O)OC(C)(C)C)C1Cc2ccccc2C1)C(=O)C(=O)O. The maximum atomic E-state index is 13.9. The maximum Gasteiger partial charge on any atom is 0.408 e. The van der Waals surface area contributed by atoms with Gasteiger partial charge in [-0.05, 0) is 75.8 Å². The van der Waals surface area contributed by atoms with Gasteiger partial charge in [0.1, 0.15) is 17.7 Å². The Bertz CT molecular complexity index is 1050. The number of rotatable bonds is 9. The van der Waals surface area contributed by atoms with Crippen LogP contribution in [0.15, 0.2) is 24.3 Å². The van der Waals surface area contributed by atoms with Crippen molar-refractivity contribution < 1.29 is 33.8 Å². The number of ketones is 1. The molecule has 1 saturated heterocycles. The molecule has 1 aliphatic carbocycles. The summed E-state index contributed by atoms with van der Waals surface area (Å²) in [5.41, 5.74) is 1.47. The summed E-state index contributed by atoms with van der Waals surface area (Å²) in [6.07, 6.45) is 1.58. The lowest BCUT2D eigenvalue weighted by Crippen LogP contribution is -2.58. The monoisotopic (exact) mass is 529 g/mol. The molecule has 1 aromatic rings. The highest BCUT2D eigenvalue weighted by Gasteiger charge is 2.43. The van der Waals surface area contributed by atoms with Gasteiger partial charge >= 0.3 is 12.1 Å². The summed E-state index contributed by atoms with van der Waals surface area (Å²) in [6.45, 7) is 9.17. The van der Waals surface area contributed by atoms with Crippen LogP contribution < -0.4 is 10.6 Å². The molecule has 1 unspecified atom stereocenters. The van der Waals surface area contributed by atoms with Gasteiger partial charge < -0.3 is 25.4 Å². The number of nitrogens with one attached hydrogen (secondary N) is 2. The van der Waals surface area contributed by atoms with Crippen LogP contribution in [0.4, 0.5) is 4.79 Å². The fourth-order valence-corrected chi connectivity index (χ4v) is 5.25. The molecule has 1 heterocycles. The third kappa shape index (κ3) is 7.33. The van der Waals surface area contributed by atoms with E-state index in [0.29, 0.717) is 32.2 Å². The minimum absolute atomic E-state index is 0.0312. The van der Waals surface area contributed by atoms with E-state index in [0.717, 1.165) is 11.1 Å². The zero-order valence-electron chi connectivity index (χ0n) is 22.8. The number of hydrogen-bond donors (Lipinski definition) is 3. The van der Waals surface area contributed by atoms with Gasteiger partial charge in [-0.2, -0.15) is 0 Å². The first-order valence-corrected chi connectivity index (χ1v) is 13.2. The Labute approximate surface area is 223 Å². The van der Waals surface area contributed by atoms with Crippen molar-refractivity contribution in [2.24, 2.45) is 11.8 Å². The largest absolute Gasteiger partial charge is 0.475 e. The third-order valence-electron chi connectivity index (χ3n) is 6.88. The molecule has 0 spiro atoms. The van der Waals surface area contributed by atoms with Crippen LogP contribution in [0, 0.1) is 11.8 Å². The number of carboxylic acid groups (broad SMARTS) is 1. The molecule has 1 aromatic carbocycles. The van der Waals surface area contributed by atoms with Crippen molar-refractivity contribution in [3.63, 3.8) is 0 Å². The standard InChI is InChI=1S/C28H39N3O7/c1-16(2)13-20(23(32)26(35)36)29-24(33)21-11-8-12-31(21)25(34)22(30-27(37)38-28(3,4)5)19-14-17-9-6-7-10-18(17)15-19/h6-7,9-10,16,19-22H,8,11-15H2,1-5H3,(H,29,33)(H,30,37)(H,35,36)/t20?,21-,22-/m0/s1. The molecule has 0 saturated carbocycles. The number of amides is 3. The number of carbonyl (C=O) groups excluding carboxylic acids is 4. The lowest BCUT2D eigenvalue weighted by Gasteiger charge is -2.32. The summed E-state index contributed by atoms with van der Waals surface area (Å²) in [4.78, 5) is 64.9. The third-order valence-corrected chi connectivity index (χ3v) is 6.88. The number of alkyl carbamates (subject to hydrolysis) is 1. The van der Waals surface area contributed by atoms with Crippen LogP contribution >= 0.6 is 0 Å². The van der Waals surface area contributed by atoms with Crippen LogP contribution in [-0.4, -0.2) is 69.9 Å². The number of hydrogen-bond acceptors (Lipinski definition) is 6. The molecule has 3 amide bonds. The first-order chi connectivity index (χ1) is 17.8. The van der Waals surface area contributed by atoms with Gasteiger partial charge in [0.15, 0.2) is 0 Å². The maximum absolute atomic E-state index is 13.9. The zero-order chi connectivity index (χ0) is 28.2. The molecule has 2 aliphatic rings. The Balaban J connectivity index is 1.81. The van der Waals surface area contributed by atoms with Crippen molar-refractivity contribution in [3.8, 4) is 0 Å². The molecular weight excluding hydrogens is 490 g/mol. The topological polar surface area (TPSA) is 142 Å². The first-order valence-electron chi connectivity index (χ1n) is 13.2. The Morgan fingerprint density at radius 3 is 2.18 bits per heavy atom. The lowest BCUT2D eigenvalue weighted by molar-refractivity contribution is -0.151. The van der Waals surface area contributed by atoms with Crippen LogP contribution in [-0.2, 0) is 36.8 Å². The molecule has 0 radical (unpaired) electrons. The van der Waals surface area contributed by atoms with Gasteiger partial charge in [-0.25, -0.2) is 9.59 Å². The van der Waals surface area contributed by atoms with E-state index < -0.39 is 53.4 Å². The van der Waals surface area contributed by atoms with E-state index >= 15 is 0 Å². The van der Waals surface area contributed by atoms with Crippen molar-refractivity contribution in [1.82, 2.24) is 15.5 Å². The number of ether oxygens (including phenoxy) is 1. The second-order valence-electron chi connectivity index (χ2n) is 11.6. The lowest BCUT2D eigenvalue weighted by atomic mass is 9.94. The number of carboxylic acids is 1. The highest BCUT2D eigenvalue weighted by molar-refractivity contribution is 6.35. The van der Waals surface area contributed by atoms with Gasteiger partial charge in [0.25, 0.3) is 5.78 Å². The van der Waals surface area contributed by atoms with Crippen LogP contribution in [0.3, 0.4) is 0 Å². The molecule has 10 nitrogen and oxygen atoms in total. The fraction of sp³-hybridized carbons (Fsp3) is 0.607. The molecule has 38 heavy (non-hydrogen) atoms. The summed E-state index contributed by atoms with van der Waals surface area (Å²) in [6, 6.07) is 4.91. The van der Waals surface area contributed by atoms with Crippen molar-refractivity contribution in [2.75, 3.05) is 6.54 Å². The van der Waals surface area contributed by atoms with Crippen LogP contribution in [0.2, 0.25) is 0 Å². The number of nitrogens with zero attached hydrogens (tertiary/aromatic N) is 1. The first kappa shape index (κ1) is 29.1. The minimum Gasteiger partial charge on any atom is -0.475 e. The summed E-state index contributed by atoms with van der Waals surface area (Å²) in [5, 5.41) is 14.5. The number of carbonyl (C=O) groups is 5. The molecule has 0 aromatic heterocycles. The van der Waals surface area contributed by atoms with Gasteiger partial charge in [-0.1, -0.05) is 38.1 Å². The second-order valence-corrected chi connectivity index (χ2v) is 11.6. The quantitative estimate of drug-likeness (QED) is 0.417. The van der Waals surface area contributed by atoms with Gasteiger partial charge in [-0.3, -0.25) is 14.4 Å². The normalized spacial score (nSPS) is 19.0. The van der Waals surface area contributed by atoms with Crippen molar-refractivity contribution in [1.29, 1.82) is 0 Å². The predicted molar refractivity (Wildman–Crippen MR) is 139 cm³/mol. The minimum atomic E-state index is -1.61. The average Bonchev–Trinajstić information content (AvgIpc) is 3.47. The van der Waals surface area contributed by atoms with Crippen molar-refractivity contribution >= 4 is 29.7 Å². The molecule has 1 aliphatic heterocycles. The molecule has 10 heteroatoms. The van der Waals surface area contributed by atoms with E-state index in [2.05, 4.69) is 10.6 Å². The van der Waals surface area contributed by atoms with Crippen LogP contribution in [0.1, 0.15) is 65.0 Å². The van der Waals surface area contributed by atoms with Gasteiger partial charge in [0.2, 0.25) is 11.8 Å². The molecular formula is C28H39N3O7. The average molecular weight is 530 g/mol.